The molecule has 0 radical (unpaired) electrons. The molecule has 0 aliphatic rings. The fraction of sp³-hybridized carbons (Fsp3) is 0.250. The van der Waals surface area contributed by atoms with Crippen LogP contribution in [0.2, 0.25) is 0 Å². The third-order valence-electron chi connectivity index (χ3n) is 3.07. The van der Waals surface area contributed by atoms with Crippen molar-refractivity contribution in [2.24, 2.45) is 0 Å². The lowest BCUT2D eigenvalue weighted by molar-refractivity contribution is 0.592. The summed E-state index contributed by atoms with van der Waals surface area (Å²) in [5.41, 5.74) is 2.91. The van der Waals surface area contributed by atoms with E-state index in [2.05, 4.69) is 29.1 Å². The maximum atomic E-state index is 11.9. The van der Waals surface area contributed by atoms with Crippen LogP contribution in [0.5, 0.6) is 0 Å². The molecule has 0 fully saturated rings. The second-order valence-electron chi connectivity index (χ2n) is 4.83. The van der Waals surface area contributed by atoms with E-state index in [1.165, 1.54) is 5.56 Å². The quantitative estimate of drug-likeness (QED) is 0.827. The van der Waals surface area contributed by atoms with Gasteiger partial charge in [0.05, 0.1) is 0 Å². The van der Waals surface area contributed by atoms with Gasteiger partial charge in [0.15, 0.2) is 0 Å². The lowest BCUT2D eigenvalue weighted by atomic mass is 10.1. The number of para-hydroxylation sites is 1. The van der Waals surface area contributed by atoms with E-state index in [0.29, 0.717) is 12.2 Å². The lowest BCUT2D eigenvalue weighted by Crippen LogP contribution is -2.27. The fourth-order valence-corrected chi connectivity index (χ4v) is 2.95. The van der Waals surface area contributed by atoms with Crippen molar-refractivity contribution < 1.29 is 8.42 Å². The molecule has 0 aliphatic carbocycles. The maximum absolute atomic E-state index is 11.9. The molecule has 2 aromatic rings. The van der Waals surface area contributed by atoms with Gasteiger partial charge < -0.3 is 0 Å². The van der Waals surface area contributed by atoms with Gasteiger partial charge in [0.25, 0.3) is 0 Å². The van der Waals surface area contributed by atoms with Crippen LogP contribution >= 0.6 is 0 Å². The average molecular weight is 304 g/mol. The zero-order valence-corrected chi connectivity index (χ0v) is 12.9. The molecule has 0 bridgehead atoms. The monoisotopic (exact) mass is 304 g/mol. The highest BCUT2D eigenvalue weighted by atomic mass is 32.2. The third-order valence-corrected chi connectivity index (χ3v) is 4.20. The Morgan fingerprint density at radius 1 is 0.952 bits per heavy atom. The van der Waals surface area contributed by atoms with E-state index in [4.69, 9.17) is 0 Å². The van der Waals surface area contributed by atoms with Gasteiger partial charge in [-0.3, -0.25) is 10.0 Å². The summed E-state index contributed by atoms with van der Waals surface area (Å²) in [6, 6.07) is 17.0. The van der Waals surface area contributed by atoms with Crippen molar-refractivity contribution in [2.75, 3.05) is 10.6 Å². The number of hydrogen-bond acceptors (Lipinski definition) is 3. The average Bonchev–Trinajstić information content (AvgIpc) is 2.48. The van der Waals surface area contributed by atoms with Crippen molar-refractivity contribution >= 4 is 15.7 Å². The molecule has 0 aromatic heterocycles. The van der Waals surface area contributed by atoms with Crippen LogP contribution in [-0.2, 0) is 23.0 Å². The van der Waals surface area contributed by atoms with Gasteiger partial charge in [-0.05, 0) is 29.7 Å². The summed E-state index contributed by atoms with van der Waals surface area (Å²) in [6.07, 6.45) is 0.974. The van der Waals surface area contributed by atoms with Crippen molar-refractivity contribution in [1.29, 1.82) is 0 Å². The van der Waals surface area contributed by atoms with E-state index < -0.39 is 10.0 Å². The van der Waals surface area contributed by atoms with Crippen LogP contribution < -0.4 is 10.0 Å². The highest BCUT2D eigenvalue weighted by Crippen LogP contribution is 2.08. The summed E-state index contributed by atoms with van der Waals surface area (Å²) in [6.45, 7) is 2.63. The van der Waals surface area contributed by atoms with Gasteiger partial charge in [-0.25, -0.2) is 8.42 Å². The smallest absolute Gasteiger partial charge is 0.245 e. The van der Waals surface area contributed by atoms with E-state index >= 15 is 0 Å². The molecule has 4 nitrogen and oxygen atoms in total. The molecule has 0 saturated heterocycles. The summed E-state index contributed by atoms with van der Waals surface area (Å²) in [7, 11) is -3.38. The summed E-state index contributed by atoms with van der Waals surface area (Å²) < 4.78 is 26.4. The van der Waals surface area contributed by atoms with E-state index in [-0.39, 0.29) is 5.88 Å². The first-order chi connectivity index (χ1) is 10.1. The number of anilines is 1. The maximum Gasteiger partial charge on any atom is 0.245 e. The molecule has 0 heterocycles. The zero-order valence-electron chi connectivity index (χ0n) is 12.0. The highest BCUT2D eigenvalue weighted by molar-refractivity contribution is 7.92. The number of aryl methyl sites for hydroxylation is 1. The third kappa shape index (κ3) is 5.21. The second-order valence-corrected chi connectivity index (χ2v) is 6.55. The molecule has 0 amide bonds. The molecule has 112 valence electrons. The Morgan fingerprint density at radius 2 is 1.67 bits per heavy atom. The first kappa shape index (κ1) is 15.5. The minimum absolute atomic E-state index is 0.113. The molecule has 0 aliphatic heterocycles. The van der Waals surface area contributed by atoms with Gasteiger partial charge >= 0.3 is 0 Å². The SMILES string of the molecule is CCc1cccc(CNCS(=O)(=O)Nc2ccccc2)c1. The van der Waals surface area contributed by atoms with Gasteiger partial charge in [0.1, 0.15) is 5.88 Å². The Morgan fingerprint density at radius 3 is 2.38 bits per heavy atom. The zero-order chi connectivity index (χ0) is 15.1. The Balaban J connectivity index is 1.87. The Kier molecular flexibility index (Phi) is 5.36. The van der Waals surface area contributed by atoms with E-state index in [1.807, 2.05) is 18.2 Å². The first-order valence-corrected chi connectivity index (χ1v) is 8.58. The summed E-state index contributed by atoms with van der Waals surface area (Å²) in [5.74, 6) is -0.113. The number of benzene rings is 2. The van der Waals surface area contributed by atoms with Crippen LogP contribution in [0, 0.1) is 0 Å². The van der Waals surface area contributed by atoms with Crippen molar-refractivity contribution in [3.8, 4) is 0 Å². The number of nitrogens with one attached hydrogen (secondary N) is 2. The largest absolute Gasteiger partial charge is 0.298 e. The van der Waals surface area contributed by atoms with Crippen LogP contribution in [0.3, 0.4) is 0 Å². The van der Waals surface area contributed by atoms with Crippen molar-refractivity contribution in [2.45, 2.75) is 19.9 Å². The molecule has 0 spiro atoms. The molecular weight excluding hydrogens is 284 g/mol. The molecule has 21 heavy (non-hydrogen) atoms. The standard InChI is InChI=1S/C16H20N2O2S/c1-2-14-7-6-8-15(11-14)12-17-13-21(19,20)18-16-9-4-3-5-10-16/h3-11,17-18H,2,12-13H2,1H3. The highest BCUT2D eigenvalue weighted by Gasteiger charge is 2.09. The van der Waals surface area contributed by atoms with E-state index in [0.717, 1.165) is 12.0 Å². The van der Waals surface area contributed by atoms with Gasteiger partial charge in [-0.15, -0.1) is 0 Å². The Hall–Kier alpha value is -1.85. The normalized spacial score (nSPS) is 11.3. The number of hydrogen-bond donors (Lipinski definition) is 2. The molecule has 0 atom stereocenters. The molecule has 0 unspecified atom stereocenters. The van der Waals surface area contributed by atoms with Crippen molar-refractivity contribution in [1.82, 2.24) is 5.32 Å². The Labute approximate surface area is 126 Å². The summed E-state index contributed by atoms with van der Waals surface area (Å²) >= 11 is 0. The minimum Gasteiger partial charge on any atom is -0.298 e. The first-order valence-electron chi connectivity index (χ1n) is 6.93. The number of rotatable bonds is 7. The summed E-state index contributed by atoms with van der Waals surface area (Å²) in [4.78, 5) is 0. The molecular formula is C16H20N2O2S. The molecule has 2 rings (SSSR count). The molecule has 2 N–H and O–H groups in total. The van der Waals surface area contributed by atoms with Gasteiger partial charge in [-0.2, -0.15) is 0 Å². The lowest BCUT2D eigenvalue weighted by Gasteiger charge is -2.09. The molecule has 5 heteroatoms. The van der Waals surface area contributed by atoms with Gasteiger partial charge in [-0.1, -0.05) is 49.4 Å². The summed E-state index contributed by atoms with van der Waals surface area (Å²) in [5, 5.41) is 2.96. The molecule has 0 saturated carbocycles. The van der Waals surface area contributed by atoms with E-state index in [9.17, 15) is 8.42 Å². The predicted octanol–water partition coefficient (Wildman–Crippen LogP) is 2.74. The molecule has 2 aromatic carbocycles. The van der Waals surface area contributed by atoms with Crippen LogP contribution in [0.4, 0.5) is 5.69 Å². The van der Waals surface area contributed by atoms with Crippen LogP contribution in [0.15, 0.2) is 54.6 Å². The van der Waals surface area contributed by atoms with E-state index in [1.54, 1.807) is 24.3 Å². The minimum atomic E-state index is -3.38. The van der Waals surface area contributed by atoms with Gasteiger partial charge in [0, 0.05) is 12.2 Å². The van der Waals surface area contributed by atoms with Crippen LogP contribution in [0.1, 0.15) is 18.1 Å². The van der Waals surface area contributed by atoms with Gasteiger partial charge in [0.2, 0.25) is 10.0 Å². The van der Waals surface area contributed by atoms with Crippen LogP contribution in [0.25, 0.3) is 0 Å². The van der Waals surface area contributed by atoms with Crippen molar-refractivity contribution in [3.63, 3.8) is 0 Å². The van der Waals surface area contributed by atoms with Crippen molar-refractivity contribution in [3.05, 3.63) is 65.7 Å². The predicted molar refractivity (Wildman–Crippen MR) is 86.5 cm³/mol. The topological polar surface area (TPSA) is 58.2 Å². The Bertz CT molecular complexity index is 670. The fourth-order valence-electron chi connectivity index (χ4n) is 2.01. The second kappa shape index (κ2) is 7.24. The number of sulfonamides is 1. The van der Waals surface area contributed by atoms with Crippen LogP contribution in [-0.4, -0.2) is 14.3 Å².